The van der Waals surface area contributed by atoms with Crippen molar-refractivity contribution in [1.82, 2.24) is 9.97 Å². The highest BCUT2D eigenvalue weighted by Gasteiger charge is 2.07. The van der Waals surface area contributed by atoms with Crippen LogP contribution in [-0.2, 0) is 0 Å². The van der Waals surface area contributed by atoms with Gasteiger partial charge in [0.25, 0.3) is 5.56 Å². The molecule has 5 heteroatoms. The van der Waals surface area contributed by atoms with Crippen LogP contribution >= 0.6 is 15.9 Å². The number of nitrogens with zero attached hydrogens (tertiary/aromatic N) is 1. The molecule has 1 heterocycles. The van der Waals surface area contributed by atoms with Gasteiger partial charge >= 0.3 is 0 Å². The molecule has 0 fully saturated rings. The van der Waals surface area contributed by atoms with E-state index in [1.165, 1.54) is 18.5 Å². The quantitative estimate of drug-likeness (QED) is 0.767. The highest BCUT2D eigenvalue weighted by molar-refractivity contribution is 9.10. The molecule has 0 radical (unpaired) electrons. The Bertz CT molecular complexity index is 523. The number of aromatic amines is 1. The van der Waals surface area contributed by atoms with Gasteiger partial charge in [-0.2, -0.15) is 0 Å². The summed E-state index contributed by atoms with van der Waals surface area (Å²) in [5, 5.41) is 0.371. The number of H-pyrrole nitrogens is 1. The number of aromatic nitrogens is 2. The molecule has 13 heavy (non-hydrogen) atoms. The third kappa shape index (κ3) is 1.25. The molecule has 1 aromatic carbocycles. The van der Waals surface area contributed by atoms with Crippen LogP contribution in [0.15, 0.2) is 27.7 Å². The van der Waals surface area contributed by atoms with E-state index in [4.69, 9.17) is 0 Å². The van der Waals surface area contributed by atoms with E-state index in [0.29, 0.717) is 10.9 Å². The summed E-state index contributed by atoms with van der Waals surface area (Å²) in [7, 11) is 0. The largest absolute Gasteiger partial charge is 0.313 e. The summed E-state index contributed by atoms with van der Waals surface area (Å²) in [5.74, 6) is -0.425. The fraction of sp³-hybridized carbons (Fsp3) is 0. The molecule has 0 amide bonds. The fourth-order valence-corrected chi connectivity index (χ4v) is 1.53. The zero-order valence-electron chi connectivity index (χ0n) is 6.34. The van der Waals surface area contributed by atoms with Crippen LogP contribution in [0.3, 0.4) is 0 Å². The molecule has 1 aromatic heterocycles. The van der Waals surface area contributed by atoms with Crippen molar-refractivity contribution in [3.63, 3.8) is 0 Å². The summed E-state index contributed by atoms with van der Waals surface area (Å²) < 4.78 is 13.2. The lowest BCUT2D eigenvalue weighted by atomic mass is 10.2. The maximum Gasteiger partial charge on any atom is 0.258 e. The molecule has 3 nitrogen and oxygen atoms in total. The molecule has 1 N–H and O–H groups in total. The lowest BCUT2D eigenvalue weighted by molar-refractivity contribution is 0.623. The predicted octanol–water partition coefficient (Wildman–Crippen LogP) is 1.82. The van der Waals surface area contributed by atoms with Crippen molar-refractivity contribution < 1.29 is 4.39 Å². The molecule has 0 spiro atoms. The van der Waals surface area contributed by atoms with Gasteiger partial charge in [-0.3, -0.25) is 4.79 Å². The van der Waals surface area contributed by atoms with Crippen LogP contribution < -0.4 is 5.56 Å². The molecule has 2 rings (SSSR count). The number of rotatable bonds is 0. The molecule has 0 bridgehead atoms. The SMILES string of the molecule is O=c1[nH]cnc2c(Br)c(F)ccc12. The van der Waals surface area contributed by atoms with E-state index < -0.39 is 5.82 Å². The lowest BCUT2D eigenvalue weighted by Crippen LogP contribution is -2.06. The molecule has 0 aliphatic carbocycles. The van der Waals surface area contributed by atoms with Crippen molar-refractivity contribution in [3.8, 4) is 0 Å². The van der Waals surface area contributed by atoms with Gasteiger partial charge in [0.15, 0.2) is 0 Å². The summed E-state index contributed by atoms with van der Waals surface area (Å²) in [6.45, 7) is 0. The molecule has 0 atom stereocenters. The van der Waals surface area contributed by atoms with Crippen LogP contribution in [0, 0.1) is 5.82 Å². The first-order valence-corrected chi connectivity index (χ1v) is 4.31. The molecule has 0 unspecified atom stereocenters. The van der Waals surface area contributed by atoms with E-state index in [2.05, 4.69) is 25.9 Å². The second kappa shape index (κ2) is 2.92. The molecule has 0 aliphatic heterocycles. The third-order valence-corrected chi connectivity index (χ3v) is 2.46. The average molecular weight is 243 g/mol. The molecule has 0 saturated heterocycles. The van der Waals surface area contributed by atoms with E-state index in [-0.39, 0.29) is 10.0 Å². The van der Waals surface area contributed by atoms with Gasteiger partial charge in [-0.15, -0.1) is 0 Å². The first kappa shape index (κ1) is 8.37. The van der Waals surface area contributed by atoms with E-state index in [9.17, 15) is 9.18 Å². The van der Waals surface area contributed by atoms with E-state index >= 15 is 0 Å². The summed E-state index contributed by atoms with van der Waals surface area (Å²) >= 11 is 3.02. The molecule has 0 aliphatic rings. The van der Waals surface area contributed by atoms with Crippen molar-refractivity contribution >= 4 is 26.8 Å². The first-order chi connectivity index (χ1) is 6.20. The van der Waals surface area contributed by atoms with E-state index in [1.807, 2.05) is 0 Å². The summed E-state index contributed by atoms with van der Waals surface area (Å²) in [6, 6.07) is 2.63. The first-order valence-electron chi connectivity index (χ1n) is 3.51. The fourth-order valence-electron chi connectivity index (χ4n) is 1.08. The number of fused-ring (bicyclic) bond motifs is 1. The van der Waals surface area contributed by atoms with Crippen molar-refractivity contribution in [2.45, 2.75) is 0 Å². The van der Waals surface area contributed by atoms with Crippen molar-refractivity contribution in [1.29, 1.82) is 0 Å². The summed E-state index contributed by atoms with van der Waals surface area (Å²) in [5.41, 5.74) is 0.0643. The second-order valence-electron chi connectivity index (χ2n) is 2.49. The zero-order chi connectivity index (χ0) is 9.42. The van der Waals surface area contributed by atoms with E-state index in [0.717, 1.165) is 0 Å². The second-order valence-corrected chi connectivity index (χ2v) is 3.28. The van der Waals surface area contributed by atoms with Crippen LogP contribution in [0.25, 0.3) is 10.9 Å². The number of halogens is 2. The molecular weight excluding hydrogens is 239 g/mol. The summed E-state index contributed by atoms with van der Waals surface area (Å²) in [4.78, 5) is 17.5. The average Bonchev–Trinajstić information content (AvgIpc) is 2.12. The van der Waals surface area contributed by atoms with Crippen molar-refractivity contribution in [2.75, 3.05) is 0 Å². The Morgan fingerprint density at radius 3 is 3.00 bits per heavy atom. The van der Waals surface area contributed by atoms with Crippen LogP contribution in [0.1, 0.15) is 0 Å². The van der Waals surface area contributed by atoms with Crippen molar-refractivity contribution in [2.24, 2.45) is 0 Å². The standard InChI is InChI=1S/C8H4BrFN2O/c9-6-5(10)2-1-4-7(6)11-3-12-8(4)13/h1-3H,(H,11,12,13). The number of nitrogens with one attached hydrogen (secondary N) is 1. The monoisotopic (exact) mass is 242 g/mol. The molecule has 2 aromatic rings. The minimum atomic E-state index is -0.425. The van der Waals surface area contributed by atoms with Gasteiger partial charge in [0, 0.05) is 0 Å². The molecular formula is C8H4BrFN2O. The lowest BCUT2D eigenvalue weighted by Gasteiger charge is -1.98. The Hall–Kier alpha value is -1.23. The smallest absolute Gasteiger partial charge is 0.258 e. The minimum Gasteiger partial charge on any atom is -0.313 e. The van der Waals surface area contributed by atoms with Gasteiger partial charge in [-0.05, 0) is 28.1 Å². The number of hydrogen-bond acceptors (Lipinski definition) is 2. The van der Waals surface area contributed by atoms with Crippen LogP contribution in [0.2, 0.25) is 0 Å². The Morgan fingerprint density at radius 1 is 1.46 bits per heavy atom. The van der Waals surface area contributed by atoms with E-state index in [1.54, 1.807) is 0 Å². The topological polar surface area (TPSA) is 45.8 Å². The van der Waals surface area contributed by atoms with Gasteiger partial charge in [0.2, 0.25) is 0 Å². The van der Waals surface area contributed by atoms with Gasteiger partial charge in [-0.1, -0.05) is 0 Å². The Morgan fingerprint density at radius 2 is 2.23 bits per heavy atom. The van der Waals surface area contributed by atoms with Gasteiger partial charge in [0.1, 0.15) is 5.82 Å². The zero-order valence-corrected chi connectivity index (χ0v) is 7.93. The molecule has 0 saturated carbocycles. The van der Waals surface area contributed by atoms with Crippen LogP contribution in [-0.4, -0.2) is 9.97 Å². The van der Waals surface area contributed by atoms with Crippen LogP contribution in [0.5, 0.6) is 0 Å². The molecule has 66 valence electrons. The Labute approximate surface area is 80.7 Å². The van der Waals surface area contributed by atoms with Gasteiger partial charge < -0.3 is 4.98 Å². The maximum atomic E-state index is 13.0. The van der Waals surface area contributed by atoms with Crippen LogP contribution in [0.4, 0.5) is 4.39 Å². The number of hydrogen-bond donors (Lipinski definition) is 1. The third-order valence-electron chi connectivity index (χ3n) is 1.70. The Balaban J connectivity index is 3.03. The predicted molar refractivity (Wildman–Crippen MR) is 50.0 cm³/mol. The van der Waals surface area contributed by atoms with Gasteiger partial charge in [-0.25, -0.2) is 9.37 Å². The van der Waals surface area contributed by atoms with Crippen molar-refractivity contribution in [3.05, 3.63) is 39.1 Å². The Kier molecular flexibility index (Phi) is 1.88. The normalized spacial score (nSPS) is 10.6. The highest BCUT2D eigenvalue weighted by Crippen LogP contribution is 2.22. The van der Waals surface area contributed by atoms with Gasteiger partial charge in [0.05, 0.1) is 21.7 Å². The highest BCUT2D eigenvalue weighted by atomic mass is 79.9. The summed E-state index contributed by atoms with van der Waals surface area (Å²) in [6.07, 6.45) is 1.24. The number of benzene rings is 1. The maximum absolute atomic E-state index is 13.0. The minimum absolute atomic E-state index is 0.219.